The summed E-state index contributed by atoms with van der Waals surface area (Å²) in [7, 11) is 0. The molecular weight excluding hydrogens is 290 g/mol. The third kappa shape index (κ3) is 3.26. The number of para-hydroxylation sites is 2. The SMILES string of the molecule is Nc1ccccc1N(NC(=O)c1ccccn1)c1ccccn1. The van der Waals surface area contributed by atoms with Crippen LogP contribution in [0.15, 0.2) is 73.1 Å². The molecule has 2 aromatic heterocycles. The van der Waals surface area contributed by atoms with Crippen molar-refractivity contribution in [1.82, 2.24) is 15.4 Å². The molecule has 0 spiro atoms. The number of hydrazine groups is 1. The Kier molecular flexibility index (Phi) is 4.15. The number of pyridine rings is 2. The first kappa shape index (κ1) is 14.5. The molecule has 0 radical (unpaired) electrons. The summed E-state index contributed by atoms with van der Waals surface area (Å²) in [5.41, 5.74) is 10.3. The molecule has 0 saturated heterocycles. The molecule has 3 N–H and O–H groups in total. The first-order valence-corrected chi connectivity index (χ1v) is 7.03. The number of carbonyl (C=O) groups is 1. The van der Waals surface area contributed by atoms with E-state index in [2.05, 4.69) is 15.4 Å². The van der Waals surface area contributed by atoms with Gasteiger partial charge in [-0.2, -0.15) is 0 Å². The van der Waals surface area contributed by atoms with Gasteiger partial charge in [0.05, 0.1) is 11.4 Å². The molecule has 0 aliphatic heterocycles. The van der Waals surface area contributed by atoms with Gasteiger partial charge >= 0.3 is 0 Å². The van der Waals surface area contributed by atoms with Gasteiger partial charge in [-0.25, -0.2) is 9.99 Å². The predicted octanol–water partition coefficient (Wildman–Crippen LogP) is 2.54. The van der Waals surface area contributed by atoms with E-state index >= 15 is 0 Å². The topological polar surface area (TPSA) is 84.1 Å². The molecule has 23 heavy (non-hydrogen) atoms. The van der Waals surface area contributed by atoms with E-state index < -0.39 is 0 Å². The maximum atomic E-state index is 12.4. The highest BCUT2D eigenvalue weighted by Crippen LogP contribution is 2.26. The summed E-state index contributed by atoms with van der Waals surface area (Å²) in [6, 6.07) is 17.8. The second kappa shape index (κ2) is 6.57. The number of nitrogens with one attached hydrogen (secondary N) is 1. The van der Waals surface area contributed by atoms with Crippen LogP contribution in [0.2, 0.25) is 0 Å². The Hall–Kier alpha value is -3.41. The number of aromatic nitrogens is 2. The molecule has 0 unspecified atom stereocenters. The van der Waals surface area contributed by atoms with Crippen molar-refractivity contribution in [3.05, 3.63) is 78.8 Å². The smallest absolute Gasteiger partial charge is 0.288 e. The summed E-state index contributed by atoms with van der Waals surface area (Å²) in [6.07, 6.45) is 3.21. The zero-order valence-corrected chi connectivity index (χ0v) is 12.3. The summed E-state index contributed by atoms with van der Waals surface area (Å²) in [5.74, 6) is 0.203. The van der Waals surface area contributed by atoms with Crippen molar-refractivity contribution in [2.45, 2.75) is 0 Å². The zero-order chi connectivity index (χ0) is 16.1. The molecule has 3 aromatic rings. The average Bonchev–Trinajstić information content (AvgIpc) is 2.62. The van der Waals surface area contributed by atoms with Crippen molar-refractivity contribution in [3.63, 3.8) is 0 Å². The van der Waals surface area contributed by atoms with Gasteiger partial charge in [-0.1, -0.05) is 24.3 Å². The lowest BCUT2D eigenvalue weighted by molar-refractivity contribution is 0.0948. The molecule has 0 bridgehead atoms. The van der Waals surface area contributed by atoms with Gasteiger partial charge < -0.3 is 5.73 Å². The van der Waals surface area contributed by atoms with Crippen LogP contribution in [-0.2, 0) is 0 Å². The van der Waals surface area contributed by atoms with E-state index in [0.717, 1.165) is 0 Å². The van der Waals surface area contributed by atoms with Crippen molar-refractivity contribution in [1.29, 1.82) is 0 Å². The summed E-state index contributed by atoms with van der Waals surface area (Å²) >= 11 is 0. The maximum Gasteiger partial charge on any atom is 0.288 e. The quantitative estimate of drug-likeness (QED) is 0.571. The fraction of sp³-hybridized carbons (Fsp3) is 0. The van der Waals surface area contributed by atoms with Gasteiger partial charge in [0, 0.05) is 12.4 Å². The predicted molar refractivity (Wildman–Crippen MR) is 88.9 cm³/mol. The summed E-state index contributed by atoms with van der Waals surface area (Å²) in [5, 5.41) is 1.55. The number of nitrogens with zero attached hydrogens (tertiary/aromatic N) is 3. The van der Waals surface area contributed by atoms with Crippen LogP contribution in [0.5, 0.6) is 0 Å². The molecule has 0 fully saturated rings. The molecule has 0 aliphatic carbocycles. The second-order valence-electron chi connectivity index (χ2n) is 4.74. The van der Waals surface area contributed by atoms with Gasteiger partial charge in [0.15, 0.2) is 5.82 Å². The van der Waals surface area contributed by atoms with Crippen molar-refractivity contribution in [2.24, 2.45) is 0 Å². The highest BCUT2D eigenvalue weighted by Gasteiger charge is 2.17. The Morgan fingerprint density at radius 3 is 2.26 bits per heavy atom. The number of nitrogen functional groups attached to an aromatic ring is 1. The van der Waals surface area contributed by atoms with Gasteiger partial charge in [0.1, 0.15) is 5.69 Å². The van der Waals surface area contributed by atoms with Gasteiger partial charge in [-0.15, -0.1) is 0 Å². The van der Waals surface area contributed by atoms with E-state index in [-0.39, 0.29) is 5.91 Å². The second-order valence-corrected chi connectivity index (χ2v) is 4.74. The average molecular weight is 305 g/mol. The number of amides is 1. The fourth-order valence-corrected chi connectivity index (χ4v) is 2.07. The molecule has 0 saturated carbocycles. The monoisotopic (exact) mass is 305 g/mol. The van der Waals surface area contributed by atoms with Gasteiger partial charge in [-0.3, -0.25) is 15.2 Å². The van der Waals surface area contributed by atoms with E-state index in [9.17, 15) is 4.79 Å². The molecule has 6 heteroatoms. The minimum absolute atomic E-state index is 0.308. The Morgan fingerprint density at radius 2 is 1.61 bits per heavy atom. The molecule has 0 atom stereocenters. The standard InChI is InChI=1S/C17H15N5O/c18-13-7-1-2-9-15(13)22(16-10-4-6-12-20-16)21-17(23)14-8-3-5-11-19-14/h1-12H,18H2,(H,21,23). The third-order valence-corrected chi connectivity index (χ3v) is 3.17. The molecule has 2 heterocycles. The van der Waals surface area contributed by atoms with Crippen LogP contribution in [0.4, 0.5) is 17.2 Å². The van der Waals surface area contributed by atoms with Crippen LogP contribution >= 0.6 is 0 Å². The highest BCUT2D eigenvalue weighted by atomic mass is 16.2. The van der Waals surface area contributed by atoms with Crippen molar-refractivity contribution >= 4 is 23.1 Å². The van der Waals surface area contributed by atoms with E-state index in [4.69, 9.17) is 5.73 Å². The number of anilines is 3. The lowest BCUT2D eigenvalue weighted by Crippen LogP contribution is -2.40. The number of rotatable bonds is 4. The van der Waals surface area contributed by atoms with Gasteiger partial charge in [0.25, 0.3) is 5.91 Å². The number of carbonyl (C=O) groups excluding carboxylic acids is 1. The fourth-order valence-electron chi connectivity index (χ4n) is 2.07. The molecule has 0 aliphatic rings. The van der Waals surface area contributed by atoms with Crippen LogP contribution < -0.4 is 16.2 Å². The Balaban J connectivity index is 1.97. The Bertz CT molecular complexity index is 792. The normalized spacial score (nSPS) is 10.1. The zero-order valence-electron chi connectivity index (χ0n) is 12.3. The van der Waals surface area contributed by atoms with E-state index in [1.54, 1.807) is 53.8 Å². The number of hydrogen-bond acceptors (Lipinski definition) is 5. The summed E-state index contributed by atoms with van der Waals surface area (Å²) < 4.78 is 0. The maximum absolute atomic E-state index is 12.4. The van der Waals surface area contributed by atoms with E-state index in [1.165, 1.54) is 0 Å². The molecule has 1 aromatic carbocycles. The van der Waals surface area contributed by atoms with Gasteiger partial charge in [-0.05, 0) is 36.4 Å². The van der Waals surface area contributed by atoms with Crippen molar-refractivity contribution in [3.8, 4) is 0 Å². The minimum atomic E-state index is -0.348. The number of nitrogens with two attached hydrogens (primary N) is 1. The lowest BCUT2D eigenvalue weighted by Gasteiger charge is -2.25. The molecule has 1 amide bonds. The highest BCUT2D eigenvalue weighted by molar-refractivity contribution is 5.94. The third-order valence-electron chi connectivity index (χ3n) is 3.17. The van der Waals surface area contributed by atoms with Gasteiger partial charge in [0.2, 0.25) is 0 Å². The molecule has 114 valence electrons. The first-order valence-electron chi connectivity index (χ1n) is 7.03. The Labute approximate surface area is 133 Å². The Morgan fingerprint density at radius 1 is 0.913 bits per heavy atom. The molecular formula is C17H15N5O. The van der Waals surface area contributed by atoms with Crippen molar-refractivity contribution in [2.75, 3.05) is 10.7 Å². The lowest BCUT2D eigenvalue weighted by atomic mass is 10.2. The van der Waals surface area contributed by atoms with Crippen molar-refractivity contribution < 1.29 is 4.79 Å². The summed E-state index contributed by atoms with van der Waals surface area (Å²) in [4.78, 5) is 20.8. The van der Waals surface area contributed by atoms with Crippen LogP contribution in [0.3, 0.4) is 0 Å². The van der Waals surface area contributed by atoms with Crippen LogP contribution in [-0.4, -0.2) is 15.9 Å². The van der Waals surface area contributed by atoms with E-state index in [0.29, 0.717) is 22.9 Å². The number of hydrogen-bond donors (Lipinski definition) is 2. The van der Waals surface area contributed by atoms with Crippen LogP contribution in [0.1, 0.15) is 10.5 Å². The summed E-state index contributed by atoms with van der Waals surface area (Å²) in [6.45, 7) is 0. The minimum Gasteiger partial charge on any atom is -0.397 e. The molecule has 3 rings (SSSR count). The number of benzene rings is 1. The first-order chi connectivity index (χ1) is 11.3. The molecule has 6 nitrogen and oxygen atoms in total. The largest absolute Gasteiger partial charge is 0.397 e. The van der Waals surface area contributed by atoms with Crippen LogP contribution in [0, 0.1) is 0 Å². The van der Waals surface area contributed by atoms with E-state index in [1.807, 2.05) is 24.3 Å². The van der Waals surface area contributed by atoms with Crippen LogP contribution in [0.25, 0.3) is 0 Å².